The van der Waals surface area contributed by atoms with Crippen LogP contribution in [0.1, 0.15) is 35.7 Å². The van der Waals surface area contributed by atoms with E-state index in [-0.39, 0.29) is 6.04 Å². The summed E-state index contributed by atoms with van der Waals surface area (Å²) >= 11 is 6.42. The third-order valence-corrected chi connectivity index (χ3v) is 5.51. The Morgan fingerprint density at radius 1 is 1.32 bits per heavy atom. The molecule has 28 heavy (non-hydrogen) atoms. The van der Waals surface area contributed by atoms with Gasteiger partial charge in [-0.25, -0.2) is 4.98 Å². The summed E-state index contributed by atoms with van der Waals surface area (Å²) in [6.07, 6.45) is 7.36. The zero-order chi connectivity index (χ0) is 19.1. The van der Waals surface area contributed by atoms with Crippen molar-refractivity contribution in [1.82, 2.24) is 20.2 Å². The first-order valence-electron chi connectivity index (χ1n) is 8.95. The number of fused-ring (bicyclic) bond motifs is 2. The lowest BCUT2D eigenvalue weighted by Crippen LogP contribution is -2.19. The number of halogens is 1. The Kier molecular flexibility index (Phi) is 3.99. The number of H-pyrrole nitrogens is 1. The standard InChI is InChI=1S/C20H15ClN6O/c21-18-11(7-22)8-24-19-13(18)2-1-3-16(19)25-12-4-5-15-14(6-12)20(27-26-15)17-9-23-10-28-17/h4-6,8-10,16,25H,1-3H2,(H,26,27). The van der Waals surface area contributed by atoms with Crippen molar-refractivity contribution in [3.63, 3.8) is 0 Å². The molecular formula is C20H15ClN6O. The van der Waals surface area contributed by atoms with Crippen LogP contribution in [0.5, 0.6) is 0 Å². The number of nitrogens with zero attached hydrogens (tertiary/aromatic N) is 4. The molecule has 3 aromatic heterocycles. The fraction of sp³-hybridized carbons (Fsp3) is 0.200. The molecule has 0 aliphatic heterocycles. The molecule has 1 aromatic carbocycles. The maximum atomic E-state index is 9.19. The zero-order valence-electron chi connectivity index (χ0n) is 14.7. The minimum Gasteiger partial charge on any atom is -0.442 e. The van der Waals surface area contributed by atoms with Crippen LogP contribution in [0.15, 0.2) is 41.4 Å². The van der Waals surface area contributed by atoms with E-state index in [2.05, 4.69) is 31.6 Å². The van der Waals surface area contributed by atoms with E-state index in [0.717, 1.165) is 52.8 Å². The quantitative estimate of drug-likeness (QED) is 0.528. The largest absolute Gasteiger partial charge is 0.442 e. The highest BCUT2D eigenvalue weighted by Gasteiger charge is 2.25. The predicted octanol–water partition coefficient (Wildman–Crippen LogP) is 4.63. The average Bonchev–Trinajstić information content (AvgIpc) is 3.38. The second kappa shape index (κ2) is 6.66. The van der Waals surface area contributed by atoms with Crippen molar-refractivity contribution in [2.24, 2.45) is 0 Å². The van der Waals surface area contributed by atoms with Crippen molar-refractivity contribution in [3.05, 3.63) is 58.8 Å². The lowest BCUT2D eigenvalue weighted by Gasteiger charge is -2.27. The summed E-state index contributed by atoms with van der Waals surface area (Å²) in [5.41, 5.74) is 4.91. The third kappa shape index (κ3) is 2.70. The highest BCUT2D eigenvalue weighted by Crippen LogP contribution is 2.37. The Morgan fingerprint density at radius 3 is 3.07 bits per heavy atom. The van der Waals surface area contributed by atoms with Gasteiger partial charge in [-0.15, -0.1) is 0 Å². The molecule has 1 atom stereocenters. The number of nitrogens with one attached hydrogen (secondary N) is 2. The van der Waals surface area contributed by atoms with Crippen LogP contribution in [0.25, 0.3) is 22.4 Å². The Bertz CT molecular complexity index is 1210. The van der Waals surface area contributed by atoms with Gasteiger partial charge in [0, 0.05) is 17.3 Å². The third-order valence-electron chi connectivity index (χ3n) is 5.08. The molecule has 1 aliphatic carbocycles. The topological polar surface area (TPSA) is 103 Å². The van der Waals surface area contributed by atoms with Crippen LogP contribution < -0.4 is 5.32 Å². The summed E-state index contributed by atoms with van der Waals surface area (Å²) in [5.74, 6) is 0.615. The molecule has 138 valence electrons. The van der Waals surface area contributed by atoms with Crippen molar-refractivity contribution >= 4 is 28.2 Å². The summed E-state index contributed by atoms with van der Waals surface area (Å²) in [7, 11) is 0. The van der Waals surface area contributed by atoms with E-state index in [1.54, 1.807) is 12.4 Å². The SMILES string of the molecule is N#Cc1cnc2c(c1Cl)CCCC2Nc1ccc2[nH]nc(-c3cnco3)c2c1. The first-order chi connectivity index (χ1) is 13.7. The molecule has 1 unspecified atom stereocenters. The average molecular weight is 391 g/mol. The Balaban J connectivity index is 1.51. The monoisotopic (exact) mass is 390 g/mol. The zero-order valence-corrected chi connectivity index (χ0v) is 15.5. The van der Waals surface area contributed by atoms with Gasteiger partial charge in [-0.1, -0.05) is 11.6 Å². The molecule has 3 heterocycles. The van der Waals surface area contributed by atoms with Gasteiger partial charge >= 0.3 is 0 Å². The van der Waals surface area contributed by atoms with Gasteiger partial charge in [0.05, 0.1) is 34.0 Å². The highest BCUT2D eigenvalue weighted by atomic mass is 35.5. The smallest absolute Gasteiger partial charge is 0.181 e. The fourth-order valence-corrected chi connectivity index (χ4v) is 4.03. The number of rotatable bonds is 3. The summed E-state index contributed by atoms with van der Waals surface area (Å²) in [6.45, 7) is 0. The van der Waals surface area contributed by atoms with Gasteiger partial charge < -0.3 is 9.73 Å². The molecule has 0 amide bonds. The van der Waals surface area contributed by atoms with Gasteiger partial charge in [0.15, 0.2) is 12.2 Å². The van der Waals surface area contributed by atoms with Crippen molar-refractivity contribution < 1.29 is 4.42 Å². The highest BCUT2D eigenvalue weighted by molar-refractivity contribution is 6.32. The summed E-state index contributed by atoms with van der Waals surface area (Å²) < 4.78 is 5.39. The Morgan fingerprint density at radius 2 is 2.25 bits per heavy atom. The second-order valence-electron chi connectivity index (χ2n) is 6.75. The molecule has 7 nitrogen and oxygen atoms in total. The van der Waals surface area contributed by atoms with E-state index < -0.39 is 0 Å². The minimum absolute atomic E-state index is 0.0343. The van der Waals surface area contributed by atoms with Gasteiger partial charge in [-0.05, 0) is 43.0 Å². The van der Waals surface area contributed by atoms with Crippen LogP contribution in [0.3, 0.4) is 0 Å². The molecule has 4 aromatic rings. The number of nitriles is 1. The van der Waals surface area contributed by atoms with Crippen LogP contribution in [0.2, 0.25) is 5.02 Å². The van der Waals surface area contributed by atoms with Crippen molar-refractivity contribution in [2.75, 3.05) is 5.32 Å². The van der Waals surface area contributed by atoms with E-state index in [4.69, 9.17) is 16.0 Å². The van der Waals surface area contributed by atoms with Gasteiger partial charge in [-0.3, -0.25) is 10.1 Å². The lowest BCUT2D eigenvalue weighted by molar-refractivity contribution is 0.570. The van der Waals surface area contributed by atoms with Gasteiger partial charge in [0.1, 0.15) is 11.8 Å². The fourth-order valence-electron chi connectivity index (χ4n) is 3.75. The molecule has 0 saturated heterocycles. The molecule has 0 fully saturated rings. The molecule has 0 bridgehead atoms. The maximum Gasteiger partial charge on any atom is 0.181 e. The number of aromatic nitrogens is 4. The van der Waals surface area contributed by atoms with Crippen molar-refractivity contribution in [3.8, 4) is 17.5 Å². The first kappa shape index (κ1) is 16.8. The number of oxazole rings is 1. The van der Waals surface area contributed by atoms with Gasteiger partial charge in [0.2, 0.25) is 0 Å². The maximum absolute atomic E-state index is 9.19. The number of pyridine rings is 1. The number of aromatic amines is 1. The molecule has 5 rings (SSSR count). The number of hydrogen-bond donors (Lipinski definition) is 2. The molecule has 0 spiro atoms. The van der Waals surface area contributed by atoms with Crippen LogP contribution in [-0.2, 0) is 6.42 Å². The predicted molar refractivity (Wildman–Crippen MR) is 105 cm³/mol. The molecule has 0 saturated carbocycles. The lowest BCUT2D eigenvalue weighted by atomic mass is 9.90. The molecule has 8 heteroatoms. The van der Waals surface area contributed by atoms with Crippen LogP contribution >= 0.6 is 11.6 Å². The Labute approximate surface area is 165 Å². The summed E-state index contributed by atoms with van der Waals surface area (Å²) in [5, 5.41) is 21.6. The van der Waals surface area contributed by atoms with Gasteiger partial charge in [0.25, 0.3) is 0 Å². The second-order valence-corrected chi connectivity index (χ2v) is 7.13. The van der Waals surface area contributed by atoms with Crippen LogP contribution in [0, 0.1) is 11.3 Å². The molecule has 0 radical (unpaired) electrons. The van der Waals surface area contributed by atoms with Gasteiger partial charge in [-0.2, -0.15) is 10.4 Å². The Hall–Kier alpha value is -3.37. The molecule has 2 N–H and O–H groups in total. The van der Waals surface area contributed by atoms with E-state index in [0.29, 0.717) is 16.3 Å². The van der Waals surface area contributed by atoms with E-state index in [1.807, 2.05) is 18.2 Å². The minimum atomic E-state index is 0.0343. The summed E-state index contributed by atoms with van der Waals surface area (Å²) in [6, 6.07) is 8.16. The van der Waals surface area contributed by atoms with E-state index in [9.17, 15) is 5.26 Å². The molecule has 1 aliphatic rings. The van der Waals surface area contributed by atoms with Crippen LogP contribution in [-0.4, -0.2) is 20.2 Å². The van der Waals surface area contributed by atoms with E-state index in [1.165, 1.54) is 6.39 Å². The number of benzene rings is 1. The van der Waals surface area contributed by atoms with Crippen molar-refractivity contribution in [1.29, 1.82) is 5.26 Å². The normalized spacial score (nSPS) is 15.9. The first-order valence-corrected chi connectivity index (χ1v) is 9.33. The van der Waals surface area contributed by atoms with E-state index >= 15 is 0 Å². The number of anilines is 1. The van der Waals surface area contributed by atoms with Crippen molar-refractivity contribution in [2.45, 2.75) is 25.3 Å². The number of hydrogen-bond acceptors (Lipinski definition) is 6. The summed E-state index contributed by atoms with van der Waals surface area (Å²) in [4.78, 5) is 8.50. The van der Waals surface area contributed by atoms with Crippen LogP contribution in [0.4, 0.5) is 5.69 Å². The molecular weight excluding hydrogens is 376 g/mol.